The Balaban J connectivity index is 0. The average molecular weight is 461 g/mol. The minimum atomic E-state index is -1.21. The molecule has 0 aromatic rings. The van der Waals surface area contributed by atoms with E-state index in [0.29, 0.717) is 0 Å². The number of carbonyl (C=O) groups is 3. The van der Waals surface area contributed by atoms with Crippen molar-refractivity contribution in [2.45, 2.75) is 103 Å². The molecule has 0 spiro atoms. The monoisotopic (exact) mass is 460 g/mol. The minimum Gasteiger partial charge on any atom is -0.480 e. The van der Waals surface area contributed by atoms with Crippen LogP contribution < -0.4 is 11.5 Å². The second kappa shape index (κ2) is 23.7. The van der Waals surface area contributed by atoms with Crippen molar-refractivity contribution in [2.24, 2.45) is 11.5 Å². The highest BCUT2D eigenvalue weighted by Crippen LogP contribution is 2.12. The fourth-order valence-corrected chi connectivity index (χ4v) is 2.69. The van der Waals surface area contributed by atoms with Gasteiger partial charge in [0.05, 0.1) is 13.0 Å². The Morgan fingerprint density at radius 1 is 0.938 bits per heavy atom. The molecule has 32 heavy (non-hydrogen) atoms. The Bertz CT molecular complexity index is 513. The lowest BCUT2D eigenvalue weighted by atomic mass is 10.1. The maximum Gasteiger partial charge on any atom is 0.330 e. The predicted molar refractivity (Wildman–Crippen MR) is 124 cm³/mol. The number of allylic oxidation sites excluding steroid dienone is 1. The Hall–Kier alpha value is -1.97. The third-order valence-electron chi connectivity index (χ3n) is 4.60. The van der Waals surface area contributed by atoms with E-state index < -0.39 is 36.6 Å². The number of aliphatic carboxylic acids is 1. The molecule has 0 aliphatic heterocycles. The lowest BCUT2D eigenvalue weighted by Gasteiger charge is -2.06. The van der Waals surface area contributed by atoms with Gasteiger partial charge in [-0.2, -0.15) is 0 Å². The Labute approximate surface area is 192 Å². The van der Waals surface area contributed by atoms with E-state index in [-0.39, 0.29) is 13.0 Å². The molecule has 0 rings (SSSR count). The minimum absolute atomic E-state index is 0.155. The number of ether oxygens (including phenoxy) is 1. The summed E-state index contributed by atoms with van der Waals surface area (Å²) in [6, 6.07) is -1.16. The predicted octanol–water partition coefficient (Wildman–Crippen LogP) is 2.41. The van der Waals surface area contributed by atoms with Crippen molar-refractivity contribution in [3.8, 4) is 0 Å². The number of aliphatic hydroxyl groups is 2. The van der Waals surface area contributed by atoms with Crippen molar-refractivity contribution in [3.63, 3.8) is 0 Å². The molecule has 0 aliphatic rings. The number of primary amides is 1. The number of unbranched alkanes of at least 4 members (excludes halogenated alkanes) is 11. The molecule has 1 amide bonds. The highest BCUT2D eigenvalue weighted by atomic mass is 16.5. The van der Waals surface area contributed by atoms with E-state index in [4.69, 9.17) is 25.8 Å². The summed E-state index contributed by atoms with van der Waals surface area (Å²) in [5.74, 6) is -2.38. The van der Waals surface area contributed by atoms with Gasteiger partial charge >= 0.3 is 11.9 Å². The van der Waals surface area contributed by atoms with Crippen LogP contribution in [0.5, 0.6) is 0 Å². The zero-order chi connectivity index (χ0) is 24.6. The van der Waals surface area contributed by atoms with Crippen LogP contribution >= 0.6 is 0 Å². The molecule has 0 saturated heterocycles. The van der Waals surface area contributed by atoms with Crippen molar-refractivity contribution >= 4 is 17.8 Å². The van der Waals surface area contributed by atoms with Crippen molar-refractivity contribution in [2.75, 3.05) is 13.2 Å². The van der Waals surface area contributed by atoms with E-state index in [1.54, 1.807) is 0 Å². The summed E-state index contributed by atoms with van der Waals surface area (Å²) in [6.45, 7) is 1.70. The van der Waals surface area contributed by atoms with Crippen LogP contribution in [-0.2, 0) is 19.1 Å². The summed E-state index contributed by atoms with van der Waals surface area (Å²) >= 11 is 0. The summed E-state index contributed by atoms with van der Waals surface area (Å²) in [6.07, 6.45) is 17.3. The molecule has 0 saturated carbocycles. The third-order valence-corrected chi connectivity index (χ3v) is 4.60. The van der Waals surface area contributed by atoms with Crippen LogP contribution in [0.3, 0.4) is 0 Å². The number of aliphatic hydroxyl groups excluding tert-OH is 2. The van der Waals surface area contributed by atoms with Crippen molar-refractivity contribution in [1.29, 1.82) is 0 Å². The van der Waals surface area contributed by atoms with Gasteiger partial charge in [-0.05, 0) is 12.8 Å². The number of hydrogen-bond acceptors (Lipinski definition) is 7. The summed E-state index contributed by atoms with van der Waals surface area (Å²) in [5.41, 5.74) is 9.57. The van der Waals surface area contributed by atoms with Gasteiger partial charge in [-0.25, -0.2) is 4.79 Å². The number of carboxylic acids is 1. The molecule has 0 fully saturated rings. The van der Waals surface area contributed by atoms with Gasteiger partial charge in [0.2, 0.25) is 5.91 Å². The molecule has 7 N–H and O–H groups in total. The third kappa shape index (κ3) is 26.1. The standard InChI is InChI=1S/C19H36O4.C4H8N2O3/c1-2-3-4-5-6-7-8-9-10-11-12-13-14-15-19(22)23-17-18(21)16-20;5-2(4(8)9)1-3(6)7/h14-15,18,20-21H,2-13,16-17H2,1H3;2H,1,5H2,(H2,6,7)(H,8,9)/b15-14+;. The van der Waals surface area contributed by atoms with Crippen molar-refractivity contribution < 1.29 is 34.4 Å². The smallest absolute Gasteiger partial charge is 0.330 e. The fraction of sp³-hybridized carbons (Fsp3) is 0.783. The van der Waals surface area contributed by atoms with Gasteiger partial charge in [0.1, 0.15) is 18.8 Å². The molecule has 9 heteroatoms. The van der Waals surface area contributed by atoms with E-state index in [1.165, 1.54) is 70.3 Å². The van der Waals surface area contributed by atoms with E-state index in [1.807, 2.05) is 6.08 Å². The summed E-state index contributed by atoms with van der Waals surface area (Å²) in [7, 11) is 0. The Kier molecular flexibility index (Phi) is 23.8. The van der Waals surface area contributed by atoms with Crippen LogP contribution in [0, 0.1) is 0 Å². The van der Waals surface area contributed by atoms with E-state index in [2.05, 4.69) is 12.7 Å². The van der Waals surface area contributed by atoms with Gasteiger partial charge < -0.3 is 31.5 Å². The summed E-state index contributed by atoms with van der Waals surface area (Å²) in [5, 5.41) is 25.7. The van der Waals surface area contributed by atoms with Crippen molar-refractivity contribution in [1.82, 2.24) is 0 Å². The van der Waals surface area contributed by atoms with Crippen LogP contribution in [0.25, 0.3) is 0 Å². The molecule has 0 bridgehead atoms. The van der Waals surface area contributed by atoms with E-state index >= 15 is 0 Å². The number of amides is 1. The van der Waals surface area contributed by atoms with Crippen LogP contribution in [0.1, 0.15) is 90.4 Å². The van der Waals surface area contributed by atoms with Crippen LogP contribution in [0.4, 0.5) is 0 Å². The van der Waals surface area contributed by atoms with E-state index in [9.17, 15) is 14.4 Å². The lowest BCUT2D eigenvalue weighted by Crippen LogP contribution is -2.34. The first-order valence-electron chi connectivity index (χ1n) is 11.6. The molecule has 0 aromatic carbocycles. The lowest BCUT2D eigenvalue weighted by molar-refractivity contribution is -0.141. The largest absolute Gasteiger partial charge is 0.480 e. The van der Waals surface area contributed by atoms with Gasteiger partial charge in [0.15, 0.2) is 0 Å². The highest BCUT2D eigenvalue weighted by Gasteiger charge is 2.13. The average Bonchev–Trinajstić information content (AvgIpc) is 2.75. The van der Waals surface area contributed by atoms with Gasteiger partial charge in [0, 0.05) is 6.08 Å². The molecule has 0 heterocycles. The molecule has 0 aliphatic carbocycles. The van der Waals surface area contributed by atoms with Gasteiger partial charge in [-0.1, -0.05) is 77.2 Å². The number of rotatable bonds is 19. The van der Waals surface area contributed by atoms with Crippen molar-refractivity contribution in [3.05, 3.63) is 12.2 Å². The molecule has 0 radical (unpaired) electrons. The molecular weight excluding hydrogens is 416 g/mol. The number of nitrogens with two attached hydrogens (primary N) is 2. The van der Waals surface area contributed by atoms with Gasteiger partial charge in [0.25, 0.3) is 0 Å². The Morgan fingerprint density at radius 2 is 1.44 bits per heavy atom. The highest BCUT2D eigenvalue weighted by molar-refractivity contribution is 5.83. The fourth-order valence-electron chi connectivity index (χ4n) is 2.69. The molecule has 0 aromatic heterocycles. The normalized spacial score (nSPS) is 12.6. The first-order chi connectivity index (χ1) is 15.2. The van der Waals surface area contributed by atoms with Crippen LogP contribution in [0.15, 0.2) is 12.2 Å². The maximum atomic E-state index is 11.3. The number of carbonyl (C=O) groups excluding carboxylic acids is 2. The summed E-state index contributed by atoms with van der Waals surface area (Å²) in [4.78, 5) is 31.2. The number of esters is 1. The number of carboxylic acid groups (broad SMARTS) is 1. The first-order valence-corrected chi connectivity index (χ1v) is 11.6. The second-order valence-corrected chi connectivity index (χ2v) is 7.81. The molecular formula is C23H44N2O7. The van der Waals surface area contributed by atoms with Gasteiger partial charge in [-0.15, -0.1) is 0 Å². The SMILES string of the molecule is CCCCCCCCCCCCC/C=C/C(=O)OCC(O)CO.NC(=O)CC(N)C(=O)O. The van der Waals surface area contributed by atoms with Gasteiger partial charge in [-0.3, -0.25) is 9.59 Å². The molecule has 2 atom stereocenters. The van der Waals surface area contributed by atoms with E-state index in [0.717, 1.165) is 12.8 Å². The molecule has 9 nitrogen and oxygen atoms in total. The molecule has 188 valence electrons. The van der Waals surface area contributed by atoms with Crippen LogP contribution in [0.2, 0.25) is 0 Å². The summed E-state index contributed by atoms with van der Waals surface area (Å²) < 4.78 is 4.77. The topological polar surface area (TPSA) is 173 Å². The zero-order valence-corrected chi connectivity index (χ0v) is 19.5. The zero-order valence-electron chi connectivity index (χ0n) is 19.5. The quantitative estimate of drug-likeness (QED) is 0.111. The Morgan fingerprint density at radius 3 is 1.84 bits per heavy atom. The first kappa shape index (κ1) is 32.2. The molecule has 2 unspecified atom stereocenters. The second-order valence-electron chi connectivity index (χ2n) is 7.81. The van der Waals surface area contributed by atoms with Crippen LogP contribution in [-0.4, -0.2) is 58.5 Å². The number of hydrogen-bond donors (Lipinski definition) is 5. The maximum absolute atomic E-state index is 11.3.